The lowest BCUT2D eigenvalue weighted by molar-refractivity contribution is 0.654. The van der Waals surface area contributed by atoms with Crippen molar-refractivity contribution in [2.45, 2.75) is 0 Å². The molecular formula is C65H44N4O. The van der Waals surface area contributed by atoms with E-state index in [0.717, 1.165) is 101 Å². The third-order valence-corrected chi connectivity index (χ3v) is 13.4. The number of hydrogen-bond donors (Lipinski definition) is 0. The van der Waals surface area contributed by atoms with E-state index in [1.165, 1.54) is 10.8 Å². The molecule has 5 nitrogen and oxygen atoms in total. The summed E-state index contributed by atoms with van der Waals surface area (Å²) >= 11 is 0. The number of nitrogens with zero attached hydrogens (tertiary/aromatic N) is 4. The fraction of sp³-hybridized carbons (Fsp3) is 0. The lowest BCUT2D eigenvalue weighted by Gasteiger charge is -2.25. The van der Waals surface area contributed by atoms with Gasteiger partial charge in [0.25, 0.3) is 0 Å². The molecule has 0 aliphatic carbocycles. The largest absolute Gasteiger partial charge is 0.438 e. The minimum atomic E-state index is 0.649. The summed E-state index contributed by atoms with van der Waals surface area (Å²) in [5.41, 5.74) is 18.0. The lowest BCUT2D eigenvalue weighted by atomic mass is 9.99. The Balaban J connectivity index is 0.903. The number of anilines is 6. The van der Waals surface area contributed by atoms with Crippen molar-refractivity contribution in [2.24, 2.45) is 0 Å². The van der Waals surface area contributed by atoms with Gasteiger partial charge in [-0.25, -0.2) is 4.98 Å². The molecule has 330 valence electrons. The molecule has 10 aromatic carbocycles. The Morgan fingerprint density at radius 2 is 0.700 bits per heavy atom. The summed E-state index contributed by atoms with van der Waals surface area (Å²) in [6.45, 7) is 0. The van der Waals surface area contributed by atoms with Crippen molar-refractivity contribution in [1.29, 1.82) is 0 Å². The fourth-order valence-electron chi connectivity index (χ4n) is 10.0. The van der Waals surface area contributed by atoms with Crippen LogP contribution in [-0.4, -0.2) is 9.55 Å². The third-order valence-electron chi connectivity index (χ3n) is 13.4. The van der Waals surface area contributed by atoms with Crippen molar-refractivity contribution in [3.8, 4) is 39.2 Å². The number of aromatic nitrogens is 2. The molecule has 0 bridgehead atoms. The predicted molar refractivity (Wildman–Crippen MR) is 292 cm³/mol. The molecule has 3 aromatic heterocycles. The smallest absolute Gasteiger partial charge is 0.227 e. The average Bonchev–Trinajstić information content (AvgIpc) is 3.97. The first-order chi connectivity index (χ1) is 34.7. The van der Waals surface area contributed by atoms with E-state index in [-0.39, 0.29) is 0 Å². The van der Waals surface area contributed by atoms with E-state index < -0.39 is 0 Å². The van der Waals surface area contributed by atoms with Gasteiger partial charge < -0.3 is 18.8 Å². The first-order valence-electron chi connectivity index (χ1n) is 23.7. The van der Waals surface area contributed by atoms with Crippen LogP contribution in [0.3, 0.4) is 0 Å². The van der Waals surface area contributed by atoms with Gasteiger partial charge in [0.15, 0.2) is 0 Å². The van der Waals surface area contributed by atoms with Crippen LogP contribution < -0.4 is 9.80 Å². The summed E-state index contributed by atoms with van der Waals surface area (Å²) in [5, 5.41) is 4.47. The van der Waals surface area contributed by atoms with Gasteiger partial charge in [-0.05, 0) is 150 Å². The molecule has 0 fully saturated rings. The number of para-hydroxylation sites is 5. The molecule has 0 aliphatic rings. The molecule has 0 N–H and O–H groups in total. The maximum atomic E-state index is 6.16. The second-order valence-electron chi connectivity index (χ2n) is 17.6. The molecule has 0 saturated carbocycles. The zero-order chi connectivity index (χ0) is 46.4. The molecule has 13 rings (SSSR count). The summed E-state index contributed by atoms with van der Waals surface area (Å²) in [7, 11) is 0. The lowest BCUT2D eigenvalue weighted by Crippen LogP contribution is -2.09. The molecule has 3 heterocycles. The van der Waals surface area contributed by atoms with Crippen LogP contribution in [0.1, 0.15) is 0 Å². The van der Waals surface area contributed by atoms with Gasteiger partial charge >= 0.3 is 0 Å². The summed E-state index contributed by atoms with van der Waals surface area (Å²) in [6, 6.07) is 94.9. The molecule has 0 atom stereocenters. The van der Waals surface area contributed by atoms with E-state index in [2.05, 4.69) is 263 Å². The second-order valence-corrected chi connectivity index (χ2v) is 17.6. The molecule has 70 heavy (non-hydrogen) atoms. The first-order valence-corrected chi connectivity index (χ1v) is 23.7. The molecule has 0 unspecified atom stereocenters. The highest BCUT2D eigenvalue weighted by Gasteiger charge is 2.18. The minimum absolute atomic E-state index is 0.649. The van der Waals surface area contributed by atoms with Crippen molar-refractivity contribution in [2.75, 3.05) is 9.80 Å². The Kier molecular flexibility index (Phi) is 10.1. The van der Waals surface area contributed by atoms with E-state index in [1.54, 1.807) is 0 Å². The van der Waals surface area contributed by atoms with Gasteiger partial charge in [-0.2, -0.15) is 0 Å². The van der Waals surface area contributed by atoms with Gasteiger partial charge in [-0.3, -0.25) is 0 Å². The van der Waals surface area contributed by atoms with Gasteiger partial charge in [0.2, 0.25) is 5.71 Å². The Morgan fingerprint density at radius 1 is 0.300 bits per heavy atom. The van der Waals surface area contributed by atoms with Crippen LogP contribution in [-0.2, 0) is 0 Å². The van der Waals surface area contributed by atoms with Crippen LogP contribution in [0, 0.1) is 0 Å². The van der Waals surface area contributed by atoms with E-state index in [4.69, 9.17) is 9.40 Å². The van der Waals surface area contributed by atoms with Gasteiger partial charge in [0, 0.05) is 66.9 Å². The number of benzene rings is 10. The maximum absolute atomic E-state index is 6.16. The Bertz CT molecular complexity index is 3700. The normalized spacial score (nSPS) is 11.4. The molecule has 0 amide bonds. The van der Waals surface area contributed by atoms with Gasteiger partial charge in [-0.1, -0.05) is 140 Å². The highest BCUT2D eigenvalue weighted by Crippen LogP contribution is 2.41. The van der Waals surface area contributed by atoms with E-state index in [1.807, 2.05) is 18.2 Å². The second kappa shape index (κ2) is 17.3. The van der Waals surface area contributed by atoms with Crippen molar-refractivity contribution in [3.05, 3.63) is 267 Å². The van der Waals surface area contributed by atoms with Gasteiger partial charge in [-0.15, -0.1) is 0 Å². The van der Waals surface area contributed by atoms with E-state index in [9.17, 15) is 0 Å². The van der Waals surface area contributed by atoms with Crippen molar-refractivity contribution >= 4 is 78.0 Å². The zero-order valence-electron chi connectivity index (χ0n) is 38.1. The minimum Gasteiger partial charge on any atom is -0.438 e. The van der Waals surface area contributed by atoms with Crippen LogP contribution in [0.2, 0.25) is 0 Å². The highest BCUT2D eigenvalue weighted by atomic mass is 16.3. The van der Waals surface area contributed by atoms with Crippen LogP contribution in [0.15, 0.2) is 271 Å². The highest BCUT2D eigenvalue weighted by molar-refractivity contribution is 6.12. The number of rotatable bonds is 10. The number of furan rings is 1. The molecule has 0 spiro atoms. The quantitative estimate of drug-likeness (QED) is 0.137. The summed E-state index contributed by atoms with van der Waals surface area (Å²) in [4.78, 5) is 9.56. The maximum Gasteiger partial charge on any atom is 0.227 e. The molecule has 5 heteroatoms. The summed E-state index contributed by atoms with van der Waals surface area (Å²) in [6.07, 6.45) is 0. The van der Waals surface area contributed by atoms with Crippen molar-refractivity contribution in [3.63, 3.8) is 0 Å². The summed E-state index contributed by atoms with van der Waals surface area (Å²) in [5.74, 6) is 0. The molecule has 0 radical (unpaired) electrons. The Hall–Kier alpha value is -9.45. The number of fused-ring (bicyclic) bond motifs is 6. The predicted octanol–water partition coefficient (Wildman–Crippen LogP) is 18.0. The van der Waals surface area contributed by atoms with Crippen LogP contribution in [0.4, 0.5) is 34.1 Å². The first kappa shape index (κ1) is 40.8. The van der Waals surface area contributed by atoms with Crippen LogP contribution in [0.25, 0.3) is 83.1 Å². The van der Waals surface area contributed by atoms with E-state index in [0.29, 0.717) is 5.71 Å². The third kappa shape index (κ3) is 7.34. The number of hydrogen-bond acceptors (Lipinski definition) is 4. The van der Waals surface area contributed by atoms with Crippen LogP contribution in [0.5, 0.6) is 0 Å². The Morgan fingerprint density at radius 3 is 1.17 bits per heavy atom. The standard InChI is InChI=1S/C65H44N4O/c1-5-15-50(16-6-1)67(51-17-7-2-8-18-51)54-33-25-45(26-34-54)48-31-41-62-59(43-48)60-44-49(46-27-35-55(36-28-46)68(52-19-9-3-10-20-52)53-21-11-4-12-22-53)32-42-63(60)69(62)56-37-29-47(30-38-56)61-40-39-58-57-23-13-14-24-64(57)70-65(58)66-61/h1-44H. The SMILES string of the molecule is c1ccc(N(c2ccccc2)c2ccc(-c3ccc4c(c3)c3cc(-c5ccc(N(c6ccccc6)c6ccccc6)cc5)ccc3n4-c3ccc(-c4ccc5c(n4)oc4ccccc45)cc3)cc2)cc1. The monoisotopic (exact) mass is 896 g/mol. The molecule has 0 saturated heterocycles. The van der Waals surface area contributed by atoms with Gasteiger partial charge in [0.1, 0.15) is 5.58 Å². The van der Waals surface area contributed by atoms with Crippen molar-refractivity contribution in [1.82, 2.24) is 9.55 Å². The Labute approximate surface area is 406 Å². The molecule has 13 aromatic rings. The molecular weight excluding hydrogens is 853 g/mol. The van der Waals surface area contributed by atoms with Crippen LogP contribution >= 0.6 is 0 Å². The van der Waals surface area contributed by atoms with E-state index >= 15 is 0 Å². The summed E-state index contributed by atoms with van der Waals surface area (Å²) < 4.78 is 8.55. The van der Waals surface area contributed by atoms with Gasteiger partial charge in [0.05, 0.1) is 16.7 Å². The number of pyridine rings is 1. The molecule has 0 aliphatic heterocycles. The van der Waals surface area contributed by atoms with Crippen molar-refractivity contribution < 1.29 is 4.42 Å². The zero-order valence-corrected chi connectivity index (χ0v) is 38.1. The fourth-order valence-corrected chi connectivity index (χ4v) is 10.0. The average molecular weight is 897 g/mol. The topological polar surface area (TPSA) is 37.4 Å².